The van der Waals surface area contributed by atoms with Crippen LogP contribution in [0.4, 0.5) is 0 Å². The fraction of sp³-hybridized carbons (Fsp3) is 0.286. The molecule has 20 heavy (non-hydrogen) atoms. The highest BCUT2D eigenvalue weighted by Crippen LogP contribution is 2.23. The zero-order chi connectivity index (χ0) is 14.7. The van der Waals surface area contributed by atoms with Crippen LogP contribution < -0.4 is 5.32 Å². The Morgan fingerprint density at radius 2 is 2.10 bits per heavy atom. The number of Topliss-reactive ketones (excluding diaryl/α,β-unsaturated/α-hetero) is 1. The Balaban J connectivity index is 2.14. The van der Waals surface area contributed by atoms with Gasteiger partial charge in [0.2, 0.25) is 0 Å². The number of benzene rings is 1. The predicted octanol–water partition coefficient (Wildman–Crippen LogP) is 1.79. The average molecular weight is 338 g/mol. The maximum Gasteiger partial charge on any atom is 0.292 e. The second-order valence-corrected chi connectivity index (χ2v) is 5.70. The molecule has 2 rings (SSSR count). The van der Waals surface area contributed by atoms with Crippen molar-refractivity contribution in [3.05, 3.63) is 34.4 Å². The molecule has 0 aliphatic rings. The summed E-state index contributed by atoms with van der Waals surface area (Å²) in [4.78, 5) is 28.9. The van der Waals surface area contributed by atoms with Crippen molar-refractivity contribution in [2.75, 3.05) is 27.2 Å². The van der Waals surface area contributed by atoms with Gasteiger partial charge in [-0.1, -0.05) is 15.9 Å². The predicted molar refractivity (Wildman–Crippen MR) is 81.9 cm³/mol. The van der Waals surface area contributed by atoms with Crippen LogP contribution in [-0.2, 0) is 4.79 Å². The molecule has 2 aromatic rings. The highest BCUT2D eigenvalue weighted by molar-refractivity contribution is 9.10. The first-order valence-electron chi connectivity index (χ1n) is 6.23. The first-order chi connectivity index (χ1) is 9.49. The number of aromatic nitrogens is 1. The summed E-state index contributed by atoms with van der Waals surface area (Å²) in [6.07, 6.45) is 1.57. The van der Waals surface area contributed by atoms with Crippen LogP contribution in [0, 0.1) is 0 Å². The lowest BCUT2D eigenvalue weighted by Crippen LogP contribution is -2.35. The normalized spacial score (nSPS) is 11.0. The van der Waals surface area contributed by atoms with Crippen molar-refractivity contribution in [1.29, 1.82) is 0 Å². The quantitative estimate of drug-likeness (QED) is 0.645. The first-order valence-corrected chi connectivity index (χ1v) is 7.02. The number of nitrogens with zero attached hydrogens (tertiary/aromatic N) is 1. The van der Waals surface area contributed by atoms with Gasteiger partial charge in [0.05, 0.1) is 5.56 Å². The van der Waals surface area contributed by atoms with Crippen LogP contribution in [0.2, 0.25) is 0 Å². The van der Waals surface area contributed by atoms with E-state index in [-0.39, 0.29) is 0 Å². The maximum atomic E-state index is 12.1. The third-order valence-electron chi connectivity index (χ3n) is 2.94. The number of carbonyl (C=O) groups excluding carboxylic acids is 2. The fourth-order valence-electron chi connectivity index (χ4n) is 1.88. The van der Waals surface area contributed by atoms with Crippen LogP contribution in [-0.4, -0.2) is 48.8 Å². The smallest absolute Gasteiger partial charge is 0.292 e. The van der Waals surface area contributed by atoms with E-state index >= 15 is 0 Å². The van der Waals surface area contributed by atoms with Crippen molar-refractivity contribution in [2.24, 2.45) is 0 Å². The van der Waals surface area contributed by atoms with E-state index in [4.69, 9.17) is 0 Å². The van der Waals surface area contributed by atoms with Gasteiger partial charge in [-0.05, 0) is 32.3 Å². The van der Waals surface area contributed by atoms with Gasteiger partial charge in [0.25, 0.3) is 11.7 Å². The number of rotatable bonds is 5. The molecule has 0 aliphatic heterocycles. The number of nitrogens with one attached hydrogen (secondary N) is 2. The summed E-state index contributed by atoms with van der Waals surface area (Å²) >= 11 is 3.36. The lowest BCUT2D eigenvalue weighted by atomic mass is 10.1. The van der Waals surface area contributed by atoms with E-state index in [1.165, 1.54) is 0 Å². The Bertz CT molecular complexity index is 649. The summed E-state index contributed by atoms with van der Waals surface area (Å²) in [5, 5.41) is 3.37. The summed E-state index contributed by atoms with van der Waals surface area (Å²) < 4.78 is 0.867. The Hall–Kier alpha value is -1.66. The molecule has 0 aliphatic carbocycles. The number of likely N-dealkylation sites (N-methyl/N-ethyl adjacent to an activating group) is 1. The molecule has 1 heterocycles. The zero-order valence-electron chi connectivity index (χ0n) is 11.4. The van der Waals surface area contributed by atoms with Crippen molar-refractivity contribution >= 4 is 38.5 Å². The standard InChI is InChI=1S/C14H16BrN3O2/c1-18(2)6-5-16-14(20)13(19)11-8-17-12-4-3-9(15)7-10(11)12/h3-4,7-8,17H,5-6H2,1-2H3,(H,16,20). The monoisotopic (exact) mass is 337 g/mol. The Kier molecular flexibility index (Phi) is 4.57. The minimum Gasteiger partial charge on any atom is -0.360 e. The molecule has 106 valence electrons. The van der Waals surface area contributed by atoms with E-state index in [0.29, 0.717) is 18.7 Å². The van der Waals surface area contributed by atoms with Crippen LogP contribution in [0.25, 0.3) is 10.9 Å². The fourth-order valence-corrected chi connectivity index (χ4v) is 2.24. The Morgan fingerprint density at radius 1 is 1.35 bits per heavy atom. The molecule has 1 aromatic heterocycles. The molecule has 6 heteroatoms. The molecule has 1 aromatic carbocycles. The lowest BCUT2D eigenvalue weighted by Gasteiger charge is -2.09. The number of fused-ring (bicyclic) bond motifs is 1. The van der Waals surface area contributed by atoms with Gasteiger partial charge in [0, 0.05) is 34.7 Å². The summed E-state index contributed by atoms with van der Waals surface area (Å²) in [6, 6.07) is 5.57. The number of amides is 1. The largest absolute Gasteiger partial charge is 0.360 e. The number of halogens is 1. The van der Waals surface area contributed by atoms with Crippen molar-refractivity contribution in [3.8, 4) is 0 Å². The van der Waals surface area contributed by atoms with Gasteiger partial charge in [-0.2, -0.15) is 0 Å². The van der Waals surface area contributed by atoms with Gasteiger partial charge >= 0.3 is 0 Å². The average Bonchev–Trinajstić information content (AvgIpc) is 2.80. The number of aromatic amines is 1. The first kappa shape index (κ1) is 14.7. The molecule has 5 nitrogen and oxygen atoms in total. The van der Waals surface area contributed by atoms with Crippen LogP contribution in [0.1, 0.15) is 10.4 Å². The summed E-state index contributed by atoms with van der Waals surface area (Å²) in [7, 11) is 3.82. The van der Waals surface area contributed by atoms with E-state index < -0.39 is 11.7 Å². The van der Waals surface area contributed by atoms with Crippen LogP contribution in [0.3, 0.4) is 0 Å². The number of hydrogen-bond donors (Lipinski definition) is 2. The molecular formula is C14H16BrN3O2. The summed E-state index contributed by atoms with van der Waals surface area (Å²) in [5.41, 5.74) is 1.22. The minimum absolute atomic E-state index is 0.392. The van der Waals surface area contributed by atoms with E-state index in [1.807, 2.05) is 37.2 Å². The molecule has 0 spiro atoms. The van der Waals surface area contributed by atoms with E-state index in [9.17, 15) is 9.59 Å². The highest BCUT2D eigenvalue weighted by atomic mass is 79.9. The molecule has 0 bridgehead atoms. The molecule has 2 N–H and O–H groups in total. The number of carbonyl (C=O) groups is 2. The van der Waals surface area contributed by atoms with Crippen molar-refractivity contribution in [1.82, 2.24) is 15.2 Å². The SMILES string of the molecule is CN(C)CCNC(=O)C(=O)c1c[nH]c2ccc(Br)cc12. The van der Waals surface area contributed by atoms with Gasteiger partial charge < -0.3 is 15.2 Å². The van der Waals surface area contributed by atoms with Crippen LogP contribution in [0.15, 0.2) is 28.9 Å². The molecule has 0 atom stereocenters. The van der Waals surface area contributed by atoms with Gasteiger partial charge in [0.15, 0.2) is 0 Å². The molecule has 0 fully saturated rings. The summed E-state index contributed by atoms with van der Waals surface area (Å²) in [6.45, 7) is 1.14. The van der Waals surface area contributed by atoms with Gasteiger partial charge in [-0.15, -0.1) is 0 Å². The molecule has 0 unspecified atom stereocenters. The second kappa shape index (κ2) is 6.19. The molecule has 0 saturated heterocycles. The zero-order valence-corrected chi connectivity index (χ0v) is 13.0. The number of hydrogen-bond acceptors (Lipinski definition) is 3. The maximum absolute atomic E-state index is 12.1. The second-order valence-electron chi connectivity index (χ2n) is 4.78. The van der Waals surface area contributed by atoms with Crippen molar-refractivity contribution in [2.45, 2.75) is 0 Å². The van der Waals surface area contributed by atoms with E-state index in [1.54, 1.807) is 6.20 Å². The van der Waals surface area contributed by atoms with Gasteiger partial charge in [-0.3, -0.25) is 9.59 Å². The Morgan fingerprint density at radius 3 is 2.80 bits per heavy atom. The molecule has 0 radical (unpaired) electrons. The topological polar surface area (TPSA) is 65.2 Å². The number of H-pyrrole nitrogens is 1. The molecule has 1 amide bonds. The van der Waals surface area contributed by atoms with E-state index in [0.717, 1.165) is 15.4 Å². The molecular weight excluding hydrogens is 322 g/mol. The van der Waals surface area contributed by atoms with Gasteiger partial charge in [0.1, 0.15) is 0 Å². The number of ketones is 1. The summed E-state index contributed by atoms with van der Waals surface area (Å²) in [5.74, 6) is -1.10. The van der Waals surface area contributed by atoms with Crippen LogP contribution >= 0.6 is 15.9 Å². The van der Waals surface area contributed by atoms with Crippen LogP contribution in [0.5, 0.6) is 0 Å². The third kappa shape index (κ3) is 3.26. The minimum atomic E-state index is -0.576. The van der Waals surface area contributed by atoms with Gasteiger partial charge in [-0.25, -0.2) is 0 Å². The Labute approximate surface area is 125 Å². The third-order valence-corrected chi connectivity index (χ3v) is 3.43. The van der Waals surface area contributed by atoms with Crippen molar-refractivity contribution in [3.63, 3.8) is 0 Å². The lowest BCUT2D eigenvalue weighted by molar-refractivity contribution is -0.117. The van der Waals surface area contributed by atoms with Crippen molar-refractivity contribution < 1.29 is 9.59 Å². The molecule has 0 saturated carbocycles. The van der Waals surface area contributed by atoms with E-state index in [2.05, 4.69) is 26.2 Å². The highest BCUT2D eigenvalue weighted by Gasteiger charge is 2.19.